The number of nitrogens with zero attached hydrogens (tertiary/aromatic N) is 3. The Morgan fingerprint density at radius 1 is 1.19 bits per heavy atom. The second-order valence-corrected chi connectivity index (χ2v) is 7.31. The standard InChI is InChI=1S/C21H22N4O5S/c1-13(26)30-20-17(28-3)9-14(10-18(20)29-4)11-22-24-19(27)12-31-21-23-15-7-5-6-8-16(15)25(21)2/h5-11H,12H2,1-4H3,(H,24,27). The number of ether oxygens (including phenoxy) is 3. The van der Waals surface area contributed by atoms with Crippen LogP contribution in [0.5, 0.6) is 17.2 Å². The van der Waals surface area contributed by atoms with Crippen molar-refractivity contribution in [2.24, 2.45) is 12.1 Å². The summed E-state index contributed by atoms with van der Waals surface area (Å²) in [4.78, 5) is 28.0. The number of methoxy groups -OCH3 is 2. The molecule has 0 saturated carbocycles. The highest BCUT2D eigenvalue weighted by molar-refractivity contribution is 7.99. The maximum atomic E-state index is 12.2. The molecule has 1 heterocycles. The molecule has 1 amide bonds. The first-order valence-electron chi connectivity index (χ1n) is 9.23. The third kappa shape index (κ3) is 5.34. The lowest BCUT2D eigenvalue weighted by Gasteiger charge is -2.13. The van der Waals surface area contributed by atoms with Crippen LogP contribution in [-0.4, -0.2) is 47.6 Å². The Hall–Kier alpha value is -3.53. The van der Waals surface area contributed by atoms with Crippen molar-refractivity contribution in [3.05, 3.63) is 42.0 Å². The monoisotopic (exact) mass is 442 g/mol. The van der Waals surface area contributed by atoms with Crippen LogP contribution >= 0.6 is 11.8 Å². The number of amides is 1. The predicted octanol–water partition coefficient (Wildman–Crippen LogP) is 2.76. The van der Waals surface area contributed by atoms with E-state index in [1.807, 2.05) is 35.9 Å². The molecule has 0 fully saturated rings. The summed E-state index contributed by atoms with van der Waals surface area (Å²) in [6, 6.07) is 11.0. The lowest BCUT2D eigenvalue weighted by atomic mass is 10.2. The molecule has 1 N–H and O–H groups in total. The van der Waals surface area contributed by atoms with Gasteiger partial charge in [-0.05, 0) is 24.3 Å². The van der Waals surface area contributed by atoms with Gasteiger partial charge in [0.1, 0.15) is 0 Å². The van der Waals surface area contributed by atoms with Crippen molar-refractivity contribution in [3.63, 3.8) is 0 Å². The van der Waals surface area contributed by atoms with Crippen molar-refractivity contribution in [1.82, 2.24) is 15.0 Å². The lowest BCUT2D eigenvalue weighted by molar-refractivity contribution is -0.132. The lowest BCUT2D eigenvalue weighted by Crippen LogP contribution is -2.19. The number of nitrogens with one attached hydrogen (secondary N) is 1. The van der Waals surface area contributed by atoms with Crippen LogP contribution in [0, 0.1) is 0 Å². The molecule has 0 saturated heterocycles. The first-order chi connectivity index (χ1) is 14.9. The zero-order chi connectivity index (χ0) is 22.4. The van der Waals surface area contributed by atoms with Gasteiger partial charge in [0.05, 0.1) is 37.2 Å². The molecule has 0 radical (unpaired) electrons. The summed E-state index contributed by atoms with van der Waals surface area (Å²) >= 11 is 1.32. The fourth-order valence-electron chi connectivity index (χ4n) is 2.81. The molecule has 3 rings (SSSR count). The number of hydrazone groups is 1. The molecule has 0 aliphatic rings. The largest absolute Gasteiger partial charge is 0.493 e. The average molecular weight is 442 g/mol. The van der Waals surface area contributed by atoms with E-state index in [4.69, 9.17) is 14.2 Å². The summed E-state index contributed by atoms with van der Waals surface area (Å²) in [7, 11) is 4.81. The Morgan fingerprint density at radius 3 is 2.48 bits per heavy atom. The molecule has 31 heavy (non-hydrogen) atoms. The molecule has 0 aliphatic carbocycles. The first kappa shape index (κ1) is 22.2. The number of hydrogen-bond acceptors (Lipinski definition) is 8. The predicted molar refractivity (Wildman–Crippen MR) is 118 cm³/mol. The van der Waals surface area contributed by atoms with Crippen molar-refractivity contribution in [2.45, 2.75) is 12.1 Å². The van der Waals surface area contributed by atoms with Crippen LogP contribution in [0.1, 0.15) is 12.5 Å². The summed E-state index contributed by atoms with van der Waals surface area (Å²) in [5.41, 5.74) is 4.96. The molecule has 0 aliphatic heterocycles. The van der Waals surface area contributed by atoms with Crippen molar-refractivity contribution in [2.75, 3.05) is 20.0 Å². The first-order valence-corrected chi connectivity index (χ1v) is 10.2. The van der Waals surface area contributed by atoms with Crippen LogP contribution in [-0.2, 0) is 16.6 Å². The van der Waals surface area contributed by atoms with Crippen LogP contribution in [0.15, 0.2) is 46.7 Å². The summed E-state index contributed by atoms with van der Waals surface area (Å²) in [6.45, 7) is 1.29. The molecular formula is C21H22N4O5S. The van der Waals surface area contributed by atoms with E-state index in [1.54, 1.807) is 12.1 Å². The van der Waals surface area contributed by atoms with Crippen LogP contribution in [0.2, 0.25) is 0 Å². The van der Waals surface area contributed by atoms with E-state index in [2.05, 4.69) is 15.5 Å². The van der Waals surface area contributed by atoms with E-state index >= 15 is 0 Å². The molecule has 0 unspecified atom stereocenters. The van der Waals surface area contributed by atoms with Gasteiger partial charge in [-0.1, -0.05) is 23.9 Å². The maximum Gasteiger partial charge on any atom is 0.308 e. The van der Waals surface area contributed by atoms with Gasteiger partial charge >= 0.3 is 5.97 Å². The summed E-state index contributed by atoms with van der Waals surface area (Å²) in [5.74, 6) is 0.177. The topological polar surface area (TPSA) is 104 Å². The molecule has 10 heteroatoms. The van der Waals surface area contributed by atoms with E-state index < -0.39 is 5.97 Å². The number of hydrogen-bond donors (Lipinski definition) is 1. The minimum Gasteiger partial charge on any atom is -0.493 e. The average Bonchev–Trinajstić information content (AvgIpc) is 3.08. The Labute approximate surface area is 183 Å². The number of aryl methyl sites for hydroxylation is 1. The normalized spacial score (nSPS) is 11.0. The van der Waals surface area contributed by atoms with Gasteiger partial charge in [0, 0.05) is 19.5 Å². The van der Waals surface area contributed by atoms with Crippen molar-refractivity contribution in [1.29, 1.82) is 0 Å². The Morgan fingerprint density at radius 2 is 1.87 bits per heavy atom. The third-order valence-corrected chi connectivity index (χ3v) is 5.24. The molecule has 1 aromatic heterocycles. The fraction of sp³-hybridized carbons (Fsp3) is 0.238. The van der Waals surface area contributed by atoms with Gasteiger partial charge in [0.2, 0.25) is 5.75 Å². The van der Waals surface area contributed by atoms with E-state index in [-0.39, 0.29) is 17.4 Å². The maximum absolute atomic E-state index is 12.2. The molecule has 2 aromatic carbocycles. The van der Waals surface area contributed by atoms with E-state index in [0.717, 1.165) is 16.2 Å². The molecule has 0 atom stereocenters. The molecular weight excluding hydrogens is 420 g/mol. The highest BCUT2D eigenvalue weighted by Gasteiger charge is 2.16. The minimum atomic E-state index is -0.497. The molecule has 0 bridgehead atoms. The zero-order valence-corrected chi connectivity index (χ0v) is 18.4. The smallest absolute Gasteiger partial charge is 0.308 e. The zero-order valence-electron chi connectivity index (χ0n) is 17.5. The van der Waals surface area contributed by atoms with E-state index in [0.29, 0.717) is 17.1 Å². The van der Waals surface area contributed by atoms with Gasteiger partial charge in [0.25, 0.3) is 5.91 Å². The number of thioether (sulfide) groups is 1. The van der Waals surface area contributed by atoms with Gasteiger partial charge in [-0.25, -0.2) is 10.4 Å². The number of esters is 1. The molecule has 9 nitrogen and oxygen atoms in total. The molecule has 0 spiro atoms. The van der Waals surface area contributed by atoms with Gasteiger partial charge in [-0.3, -0.25) is 9.59 Å². The van der Waals surface area contributed by atoms with Crippen molar-refractivity contribution >= 4 is 40.9 Å². The van der Waals surface area contributed by atoms with Gasteiger partial charge in [-0.2, -0.15) is 5.10 Å². The minimum absolute atomic E-state index is 0.159. The molecule has 162 valence electrons. The van der Waals surface area contributed by atoms with Crippen LogP contribution in [0.4, 0.5) is 0 Å². The Bertz CT molecular complexity index is 1120. The second-order valence-electron chi connectivity index (χ2n) is 6.37. The highest BCUT2D eigenvalue weighted by atomic mass is 32.2. The quantitative estimate of drug-likeness (QED) is 0.188. The molecule has 3 aromatic rings. The Kier molecular flexibility index (Phi) is 7.14. The Balaban J connectivity index is 1.63. The second kappa shape index (κ2) is 9.98. The van der Waals surface area contributed by atoms with Gasteiger partial charge in [0.15, 0.2) is 16.7 Å². The van der Waals surface area contributed by atoms with Crippen LogP contribution in [0.25, 0.3) is 11.0 Å². The number of carbonyl (C=O) groups excluding carboxylic acids is 2. The van der Waals surface area contributed by atoms with Crippen LogP contribution in [0.3, 0.4) is 0 Å². The number of para-hydroxylation sites is 2. The fourth-order valence-corrected chi connectivity index (χ4v) is 3.59. The number of imidazole rings is 1. The van der Waals surface area contributed by atoms with E-state index in [1.165, 1.54) is 39.1 Å². The summed E-state index contributed by atoms with van der Waals surface area (Å²) in [6.07, 6.45) is 1.44. The summed E-state index contributed by atoms with van der Waals surface area (Å²) in [5, 5.41) is 4.72. The van der Waals surface area contributed by atoms with E-state index in [9.17, 15) is 9.59 Å². The number of fused-ring (bicyclic) bond motifs is 1. The number of benzene rings is 2. The highest BCUT2D eigenvalue weighted by Crippen LogP contribution is 2.38. The summed E-state index contributed by atoms with van der Waals surface area (Å²) < 4.78 is 17.6. The third-order valence-electron chi connectivity index (χ3n) is 4.21. The number of aromatic nitrogens is 2. The van der Waals surface area contributed by atoms with Gasteiger partial charge < -0.3 is 18.8 Å². The SMILES string of the molecule is COc1cc(C=NNC(=O)CSc2nc3ccccc3n2C)cc(OC)c1OC(C)=O. The van der Waals surface area contributed by atoms with Crippen LogP contribution < -0.4 is 19.6 Å². The number of rotatable bonds is 8. The van der Waals surface area contributed by atoms with Crippen molar-refractivity contribution in [3.8, 4) is 17.2 Å². The van der Waals surface area contributed by atoms with Crippen molar-refractivity contribution < 1.29 is 23.8 Å². The number of carbonyl (C=O) groups is 2. The van der Waals surface area contributed by atoms with Gasteiger partial charge in [-0.15, -0.1) is 0 Å².